The number of hydrogen-bond acceptors (Lipinski definition) is 3. The standard InChI is InChI=1S/C17H26N2S/c1-2-9-19-10-7-15(8-11-19)18-17-13-20-12-14-5-3-4-6-16(14)17/h3-6,15,17-18H,2,7-13H2,1H3. The molecule has 0 amide bonds. The molecule has 0 saturated carbocycles. The lowest BCUT2D eigenvalue weighted by Gasteiger charge is -2.36. The molecule has 0 aromatic heterocycles. The van der Waals surface area contributed by atoms with Gasteiger partial charge < -0.3 is 10.2 Å². The Labute approximate surface area is 127 Å². The largest absolute Gasteiger partial charge is 0.306 e. The van der Waals surface area contributed by atoms with Gasteiger partial charge in [0, 0.05) is 23.6 Å². The van der Waals surface area contributed by atoms with Crippen molar-refractivity contribution in [1.82, 2.24) is 10.2 Å². The summed E-state index contributed by atoms with van der Waals surface area (Å²) in [5, 5.41) is 3.93. The van der Waals surface area contributed by atoms with E-state index in [-0.39, 0.29) is 0 Å². The maximum atomic E-state index is 3.93. The van der Waals surface area contributed by atoms with E-state index >= 15 is 0 Å². The Hall–Kier alpha value is -0.510. The molecule has 1 fully saturated rings. The van der Waals surface area contributed by atoms with Gasteiger partial charge >= 0.3 is 0 Å². The summed E-state index contributed by atoms with van der Waals surface area (Å²) in [4.78, 5) is 2.61. The van der Waals surface area contributed by atoms with Crippen molar-refractivity contribution in [1.29, 1.82) is 0 Å². The van der Waals surface area contributed by atoms with E-state index in [1.54, 1.807) is 5.56 Å². The predicted molar refractivity (Wildman–Crippen MR) is 88.2 cm³/mol. The van der Waals surface area contributed by atoms with Gasteiger partial charge in [0.25, 0.3) is 0 Å². The van der Waals surface area contributed by atoms with Crippen molar-refractivity contribution in [3.63, 3.8) is 0 Å². The van der Waals surface area contributed by atoms with E-state index in [9.17, 15) is 0 Å². The fourth-order valence-electron chi connectivity index (χ4n) is 3.44. The molecule has 0 radical (unpaired) electrons. The van der Waals surface area contributed by atoms with Crippen molar-refractivity contribution in [2.45, 2.75) is 44.0 Å². The summed E-state index contributed by atoms with van der Waals surface area (Å²) in [5.74, 6) is 2.41. The molecule has 1 N–H and O–H groups in total. The Morgan fingerprint density at radius 1 is 1.25 bits per heavy atom. The number of thioether (sulfide) groups is 1. The molecule has 0 spiro atoms. The van der Waals surface area contributed by atoms with Gasteiger partial charge in [-0.15, -0.1) is 0 Å². The van der Waals surface area contributed by atoms with E-state index in [0.29, 0.717) is 12.1 Å². The molecule has 110 valence electrons. The summed E-state index contributed by atoms with van der Waals surface area (Å²) < 4.78 is 0. The zero-order valence-electron chi connectivity index (χ0n) is 12.5. The molecule has 3 rings (SSSR count). The number of hydrogen-bond donors (Lipinski definition) is 1. The molecule has 1 atom stereocenters. The molecular formula is C17H26N2S. The summed E-state index contributed by atoms with van der Waals surface area (Å²) in [7, 11) is 0. The number of rotatable bonds is 4. The van der Waals surface area contributed by atoms with Crippen LogP contribution >= 0.6 is 11.8 Å². The zero-order valence-corrected chi connectivity index (χ0v) is 13.3. The Morgan fingerprint density at radius 3 is 2.85 bits per heavy atom. The minimum Gasteiger partial charge on any atom is -0.306 e. The number of fused-ring (bicyclic) bond motifs is 1. The van der Waals surface area contributed by atoms with E-state index in [1.807, 2.05) is 0 Å². The van der Waals surface area contributed by atoms with E-state index in [1.165, 1.54) is 56.0 Å². The fourth-order valence-corrected chi connectivity index (χ4v) is 4.56. The lowest BCUT2D eigenvalue weighted by atomic mass is 9.98. The molecule has 3 heteroatoms. The number of nitrogens with one attached hydrogen (secondary N) is 1. The lowest BCUT2D eigenvalue weighted by Crippen LogP contribution is -2.44. The third-order valence-corrected chi connectivity index (χ3v) is 5.62. The van der Waals surface area contributed by atoms with Crippen LogP contribution in [0.2, 0.25) is 0 Å². The topological polar surface area (TPSA) is 15.3 Å². The third-order valence-electron chi connectivity index (χ3n) is 4.54. The van der Waals surface area contributed by atoms with Gasteiger partial charge in [0.15, 0.2) is 0 Å². The van der Waals surface area contributed by atoms with Crippen molar-refractivity contribution in [3.05, 3.63) is 35.4 Å². The molecule has 0 aliphatic carbocycles. The van der Waals surface area contributed by atoms with E-state index in [2.05, 4.69) is 53.2 Å². The van der Waals surface area contributed by atoms with Crippen LogP contribution in [-0.4, -0.2) is 36.3 Å². The Bertz CT molecular complexity index is 427. The van der Waals surface area contributed by atoms with Crippen LogP contribution in [0.25, 0.3) is 0 Å². The molecule has 1 saturated heterocycles. The van der Waals surface area contributed by atoms with E-state index < -0.39 is 0 Å². The molecular weight excluding hydrogens is 264 g/mol. The number of nitrogens with zero attached hydrogens (tertiary/aromatic N) is 1. The number of likely N-dealkylation sites (tertiary alicyclic amines) is 1. The van der Waals surface area contributed by atoms with Gasteiger partial charge in [0.05, 0.1) is 0 Å². The molecule has 1 aromatic carbocycles. The lowest BCUT2D eigenvalue weighted by molar-refractivity contribution is 0.192. The van der Waals surface area contributed by atoms with Gasteiger partial charge in [-0.25, -0.2) is 0 Å². The van der Waals surface area contributed by atoms with Crippen molar-refractivity contribution in [2.75, 3.05) is 25.4 Å². The highest BCUT2D eigenvalue weighted by Crippen LogP contribution is 2.32. The Kier molecular flexibility index (Phi) is 5.03. The minimum absolute atomic E-state index is 0.563. The highest BCUT2D eigenvalue weighted by molar-refractivity contribution is 7.98. The summed E-state index contributed by atoms with van der Waals surface area (Å²) in [6.45, 7) is 6.09. The smallest absolute Gasteiger partial charge is 0.0417 e. The van der Waals surface area contributed by atoms with Crippen LogP contribution in [0, 0.1) is 0 Å². The Balaban J connectivity index is 1.57. The van der Waals surface area contributed by atoms with Gasteiger partial charge in [-0.2, -0.15) is 11.8 Å². The first kappa shape index (κ1) is 14.4. The van der Waals surface area contributed by atoms with Gasteiger partial charge in [-0.3, -0.25) is 0 Å². The van der Waals surface area contributed by atoms with Crippen LogP contribution in [0.3, 0.4) is 0 Å². The average molecular weight is 290 g/mol. The van der Waals surface area contributed by atoms with Crippen LogP contribution in [0.1, 0.15) is 43.4 Å². The van der Waals surface area contributed by atoms with Gasteiger partial charge in [0.1, 0.15) is 0 Å². The summed E-state index contributed by atoms with van der Waals surface area (Å²) in [5.41, 5.74) is 3.08. The fraction of sp³-hybridized carbons (Fsp3) is 0.647. The molecule has 1 aromatic rings. The number of piperidine rings is 1. The van der Waals surface area contributed by atoms with Crippen LogP contribution in [0.4, 0.5) is 0 Å². The average Bonchev–Trinajstić information content (AvgIpc) is 2.50. The molecule has 2 nitrogen and oxygen atoms in total. The number of benzene rings is 1. The molecule has 2 aliphatic rings. The van der Waals surface area contributed by atoms with Crippen LogP contribution in [0.5, 0.6) is 0 Å². The van der Waals surface area contributed by atoms with Crippen LogP contribution in [0.15, 0.2) is 24.3 Å². The molecule has 2 heterocycles. The van der Waals surface area contributed by atoms with Crippen molar-refractivity contribution < 1.29 is 0 Å². The minimum atomic E-state index is 0.563. The monoisotopic (exact) mass is 290 g/mol. The first-order chi connectivity index (χ1) is 9.86. The molecule has 1 unspecified atom stereocenters. The zero-order chi connectivity index (χ0) is 13.8. The Morgan fingerprint density at radius 2 is 2.05 bits per heavy atom. The quantitative estimate of drug-likeness (QED) is 0.914. The molecule has 20 heavy (non-hydrogen) atoms. The van der Waals surface area contributed by atoms with Gasteiger partial charge in [0.2, 0.25) is 0 Å². The van der Waals surface area contributed by atoms with E-state index in [4.69, 9.17) is 0 Å². The molecule has 0 bridgehead atoms. The van der Waals surface area contributed by atoms with Crippen LogP contribution in [-0.2, 0) is 5.75 Å². The maximum Gasteiger partial charge on any atom is 0.0417 e. The predicted octanol–water partition coefficient (Wildman–Crippen LogP) is 3.44. The first-order valence-electron chi connectivity index (χ1n) is 8.00. The highest BCUT2D eigenvalue weighted by Gasteiger charge is 2.25. The third kappa shape index (κ3) is 3.38. The SMILES string of the molecule is CCCN1CCC(NC2CSCc3ccccc32)CC1. The summed E-state index contributed by atoms with van der Waals surface area (Å²) in [6.07, 6.45) is 3.90. The van der Waals surface area contributed by atoms with Gasteiger partial charge in [-0.05, 0) is 50.0 Å². The first-order valence-corrected chi connectivity index (χ1v) is 9.16. The maximum absolute atomic E-state index is 3.93. The van der Waals surface area contributed by atoms with Gasteiger partial charge in [-0.1, -0.05) is 31.2 Å². The van der Waals surface area contributed by atoms with Crippen molar-refractivity contribution in [3.8, 4) is 0 Å². The van der Waals surface area contributed by atoms with E-state index in [0.717, 1.165) is 0 Å². The van der Waals surface area contributed by atoms with Crippen molar-refractivity contribution in [2.24, 2.45) is 0 Å². The highest BCUT2D eigenvalue weighted by atomic mass is 32.2. The second-order valence-electron chi connectivity index (χ2n) is 6.05. The second-order valence-corrected chi connectivity index (χ2v) is 7.08. The van der Waals surface area contributed by atoms with Crippen LogP contribution < -0.4 is 5.32 Å². The second kappa shape index (κ2) is 6.97. The summed E-state index contributed by atoms with van der Waals surface area (Å²) in [6, 6.07) is 10.2. The van der Waals surface area contributed by atoms with Crippen molar-refractivity contribution >= 4 is 11.8 Å². The molecule has 2 aliphatic heterocycles. The normalized spacial score (nSPS) is 24.6. The summed E-state index contributed by atoms with van der Waals surface area (Å²) >= 11 is 2.07.